The summed E-state index contributed by atoms with van der Waals surface area (Å²) in [7, 11) is 0. The van der Waals surface area contributed by atoms with E-state index in [1.165, 1.54) is 19.2 Å². The van der Waals surface area contributed by atoms with Crippen LogP contribution in [0.3, 0.4) is 0 Å². The van der Waals surface area contributed by atoms with Gasteiger partial charge in [-0.25, -0.2) is 0 Å². The van der Waals surface area contributed by atoms with Crippen LogP contribution in [0.5, 0.6) is 0 Å². The molecule has 4 heteroatoms. The largest absolute Gasteiger partial charge is 0.343 e. The van der Waals surface area contributed by atoms with Crippen LogP contribution in [0.2, 0.25) is 0 Å². The third-order valence-corrected chi connectivity index (χ3v) is 2.19. The molecule has 0 aromatic carbocycles. The van der Waals surface area contributed by atoms with Crippen LogP contribution in [0.1, 0.15) is 39.4 Å². The number of aromatic nitrogens is 2. The standard InChI is InChI=1S/C10H19N3O/c1-8(2)4-5-9(3)11-6-10-12-7-14-13-10/h7-9,11H,4-6H2,1-3H3. The van der Waals surface area contributed by atoms with Crippen molar-refractivity contribution in [2.45, 2.75) is 46.2 Å². The summed E-state index contributed by atoms with van der Waals surface area (Å²) in [6.07, 6.45) is 3.80. The molecule has 0 aliphatic rings. The topological polar surface area (TPSA) is 51.0 Å². The van der Waals surface area contributed by atoms with Gasteiger partial charge in [0.15, 0.2) is 5.82 Å². The van der Waals surface area contributed by atoms with Crippen molar-refractivity contribution >= 4 is 0 Å². The highest BCUT2D eigenvalue weighted by Gasteiger charge is 2.04. The number of hydrogen-bond acceptors (Lipinski definition) is 4. The molecule has 0 amide bonds. The minimum absolute atomic E-state index is 0.510. The van der Waals surface area contributed by atoms with Gasteiger partial charge in [-0.05, 0) is 25.7 Å². The maximum absolute atomic E-state index is 4.64. The van der Waals surface area contributed by atoms with E-state index in [9.17, 15) is 0 Å². The van der Waals surface area contributed by atoms with Gasteiger partial charge in [0.2, 0.25) is 6.39 Å². The highest BCUT2D eigenvalue weighted by atomic mass is 16.5. The predicted molar refractivity (Wildman–Crippen MR) is 54.7 cm³/mol. The molecule has 0 saturated carbocycles. The van der Waals surface area contributed by atoms with Crippen molar-refractivity contribution in [2.24, 2.45) is 5.92 Å². The zero-order valence-corrected chi connectivity index (χ0v) is 9.16. The Morgan fingerprint density at radius 1 is 1.36 bits per heavy atom. The lowest BCUT2D eigenvalue weighted by Crippen LogP contribution is -2.26. The molecule has 0 aliphatic carbocycles. The van der Waals surface area contributed by atoms with E-state index in [2.05, 4.69) is 40.8 Å². The molecule has 0 spiro atoms. The summed E-state index contributed by atoms with van der Waals surface area (Å²) in [6, 6.07) is 0.510. The van der Waals surface area contributed by atoms with Gasteiger partial charge in [0.05, 0.1) is 6.54 Å². The summed E-state index contributed by atoms with van der Waals surface area (Å²) >= 11 is 0. The second-order valence-electron chi connectivity index (χ2n) is 4.10. The van der Waals surface area contributed by atoms with Crippen molar-refractivity contribution in [2.75, 3.05) is 0 Å². The Morgan fingerprint density at radius 3 is 2.71 bits per heavy atom. The van der Waals surface area contributed by atoms with Crippen molar-refractivity contribution in [3.63, 3.8) is 0 Å². The van der Waals surface area contributed by atoms with E-state index in [-0.39, 0.29) is 0 Å². The van der Waals surface area contributed by atoms with E-state index in [0.717, 1.165) is 11.7 Å². The normalized spacial score (nSPS) is 13.4. The second-order valence-corrected chi connectivity index (χ2v) is 4.10. The van der Waals surface area contributed by atoms with E-state index in [1.54, 1.807) is 0 Å². The monoisotopic (exact) mass is 197 g/mol. The highest BCUT2D eigenvalue weighted by Crippen LogP contribution is 2.06. The Hall–Kier alpha value is -0.900. The van der Waals surface area contributed by atoms with Gasteiger partial charge < -0.3 is 9.84 Å². The summed E-state index contributed by atoms with van der Waals surface area (Å²) in [5, 5.41) is 7.09. The summed E-state index contributed by atoms with van der Waals surface area (Å²) in [4.78, 5) is 3.94. The number of hydrogen-bond donors (Lipinski definition) is 1. The third-order valence-electron chi connectivity index (χ3n) is 2.19. The lowest BCUT2D eigenvalue weighted by molar-refractivity contribution is 0.399. The molecule has 0 fully saturated rings. The molecule has 4 nitrogen and oxygen atoms in total. The van der Waals surface area contributed by atoms with E-state index in [0.29, 0.717) is 12.6 Å². The molecule has 1 aromatic heterocycles. The van der Waals surface area contributed by atoms with Crippen molar-refractivity contribution in [1.29, 1.82) is 0 Å². The fraction of sp³-hybridized carbons (Fsp3) is 0.800. The molecule has 1 heterocycles. The van der Waals surface area contributed by atoms with Crippen LogP contribution in [-0.4, -0.2) is 16.2 Å². The minimum atomic E-state index is 0.510. The molecule has 1 unspecified atom stereocenters. The van der Waals surface area contributed by atoms with Gasteiger partial charge in [0.1, 0.15) is 0 Å². The van der Waals surface area contributed by atoms with Gasteiger partial charge >= 0.3 is 0 Å². The smallest absolute Gasteiger partial charge is 0.213 e. The zero-order valence-electron chi connectivity index (χ0n) is 9.16. The molecule has 0 saturated heterocycles. The van der Waals surface area contributed by atoms with Gasteiger partial charge in [0.25, 0.3) is 0 Å². The molecule has 80 valence electrons. The first-order valence-electron chi connectivity index (χ1n) is 5.17. The molecule has 1 aromatic rings. The van der Waals surface area contributed by atoms with Crippen LogP contribution in [0, 0.1) is 5.92 Å². The highest BCUT2D eigenvalue weighted by molar-refractivity contribution is 4.77. The SMILES string of the molecule is CC(C)CCC(C)NCc1ncon1. The number of nitrogens with zero attached hydrogens (tertiary/aromatic N) is 2. The van der Waals surface area contributed by atoms with Crippen molar-refractivity contribution in [3.8, 4) is 0 Å². The molecular formula is C10H19N3O. The quantitative estimate of drug-likeness (QED) is 0.757. The molecular weight excluding hydrogens is 178 g/mol. The Morgan fingerprint density at radius 2 is 2.14 bits per heavy atom. The van der Waals surface area contributed by atoms with Gasteiger partial charge in [0, 0.05) is 6.04 Å². The van der Waals surface area contributed by atoms with E-state index in [4.69, 9.17) is 0 Å². The lowest BCUT2D eigenvalue weighted by Gasteiger charge is -2.13. The van der Waals surface area contributed by atoms with Crippen molar-refractivity contribution in [1.82, 2.24) is 15.5 Å². The van der Waals surface area contributed by atoms with Crippen LogP contribution in [-0.2, 0) is 6.54 Å². The molecule has 1 rings (SSSR count). The predicted octanol–water partition coefficient (Wildman–Crippen LogP) is 1.98. The van der Waals surface area contributed by atoms with Crippen LogP contribution in [0.25, 0.3) is 0 Å². The minimum Gasteiger partial charge on any atom is -0.343 e. The maximum atomic E-state index is 4.64. The van der Waals surface area contributed by atoms with Crippen molar-refractivity contribution in [3.05, 3.63) is 12.2 Å². The van der Waals surface area contributed by atoms with Crippen LogP contribution in [0.4, 0.5) is 0 Å². The molecule has 0 bridgehead atoms. The number of rotatable bonds is 6. The average molecular weight is 197 g/mol. The van der Waals surface area contributed by atoms with Crippen LogP contribution >= 0.6 is 0 Å². The summed E-state index contributed by atoms with van der Waals surface area (Å²) < 4.78 is 4.64. The van der Waals surface area contributed by atoms with Crippen molar-refractivity contribution < 1.29 is 4.52 Å². The van der Waals surface area contributed by atoms with Crippen LogP contribution < -0.4 is 5.32 Å². The molecule has 0 aliphatic heterocycles. The fourth-order valence-corrected chi connectivity index (χ4v) is 1.22. The Balaban J connectivity index is 2.12. The maximum Gasteiger partial charge on any atom is 0.213 e. The molecule has 1 N–H and O–H groups in total. The fourth-order valence-electron chi connectivity index (χ4n) is 1.22. The first-order chi connectivity index (χ1) is 6.68. The Kier molecular flexibility index (Phi) is 4.59. The Labute approximate surface area is 85.1 Å². The van der Waals surface area contributed by atoms with Gasteiger partial charge in [-0.1, -0.05) is 19.0 Å². The number of nitrogens with one attached hydrogen (secondary N) is 1. The van der Waals surface area contributed by atoms with Gasteiger partial charge in [-0.3, -0.25) is 0 Å². The third kappa shape index (κ3) is 4.37. The molecule has 14 heavy (non-hydrogen) atoms. The van der Waals surface area contributed by atoms with Crippen LogP contribution in [0.15, 0.2) is 10.9 Å². The molecule has 0 radical (unpaired) electrons. The lowest BCUT2D eigenvalue weighted by atomic mass is 10.0. The summed E-state index contributed by atoms with van der Waals surface area (Å²) in [6.45, 7) is 7.36. The molecule has 1 atom stereocenters. The zero-order chi connectivity index (χ0) is 10.4. The van der Waals surface area contributed by atoms with E-state index < -0.39 is 0 Å². The first kappa shape index (κ1) is 11.2. The first-order valence-corrected chi connectivity index (χ1v) is 5.17. The van der Waals surface area contributed by atoms with E-state index in [1.807, 2.05) is 0 Å². The Bertz CT molecular complexity index is 234. The average Bonchev–Trinajstić information content (AvgIpc) is 2.63. The summed E-state index contributed by atoms with van der Waals surface area (Å²) in [5.41, 5.74) is 0. The van der Waals surface area contributed by atoms with Gasteiger partial charge in [-0.2, -0.15) is 4.98 Å². The van der Waals surface area contributed by atoms with Gasteiger partial charge in [-0.15, -0.1) is 0 Å². The van der Waals surface area contributed by atoms with E-state index >= 15 is 0 Å². The second kappa shape index (κ2) is 5.75. The summed E-state index contributed by atoms with van der Waals surface area (Å²) in [5.74, 6) is 1.49.